The SMILES string of the molecule is Cc1nc2cc(N3CC(C(=O)Nc4ccc(F)cc4)CC3=O)ccc2s1. The van der Waals surface area contributed by atoms with Gasteiger partial charge in [0.15, 0.2) is 0 Å². The van der Waals surface area contributed by atoms with E-state index in [1.54, 1.807) is 16.2 Å². The molecule has 2 amide bonds. The minimum atomic E-state index is -0.444. The lowest BCUT2D eigenvalue weighted by Crippen LogP contribution is -2.28. The summed E-state index contributed by atoms with van der Waals surface area (Å²) in [5, 5.41) is 3.71. The molecule has 1 aliphatic heterocycles. The molecular formula is C19H16FN3O2S. The fourth-order valence-corrected chi connectivity index (χ4v) is 3.92. The number of carbonyl (C=O) groups excluding carboxylic acids is 2. The van der Waals surface area contributed by atoms with Gasteiger partial charge in [0, 0.05) is 24.3 Å². The third-order valence-corrected chi connectivity index (χ3v) is 5.35. The number of aromatic nitrogens is 1. The first-order valence-corrected chi connectivity index (χ1v) is 9.05. The number of hydrogen-bond donors (Lipinski definition) is 1. The summed E-state index contributed by atoms with van der Waals surface area (Å²) in [5.41, 5.74) is 2.13. The molecule has 1 fully saturated rings. The summed E-state index contributed by atoms with van der Waals surface area (Å²) in [6, 6.07) is 11.3. The van der Waals surface area contributed by atoms with Crippen molar-refractivity contribution in [1.29, 1.82) is 0 Å². The molecule has 0 saturated carbocycles. The molecule has 132 valence electrons. The highest BCUT2D eigenvalue weighted by Crippen LogP contribution is 2.30. The topological polar surface area (TPSA) is 62.3 Å². The summed E-state index contributed by atoms with van der Waals surface area (Å²) in [6.07, 6.45) is 0.154. The number of thiazole rings is 1. The van der Waals surface area contributed by atoms with E-state index >= 15 is 0 Å². The van der Waals surface area contributed by atoms with E-state index in [2.05, 4.69) is 10.3 Å². The molecule has 7 heteroatoms. The highest BCUT2D eigenvalue weighted by molar-refractivity contribution is 7.18. The molecule has 1 atom stereocenters. The number of amides is 2. The van der Waals surface area contributed by atoms with Crippen molar-refractivity contribution in [2.75, 3.05) is 16.8 Å². The van der Waals surface area contributed by atoms with Crippen LogP contribution in [0.5, 0.6) is 0 Å². The maximum absolute atomic E-state index is 13.0. The summed E-state index contributed by atoms with van der Waals surface area (Å²) < 4.78 is 14.0. The first-order chi connectivity index (χ1) is 12.5. The van der Waals surface area contributed by atoms with Crippen LogP contribution in [-0.2, 0) is 9.59 Å². The van der Waals surface area contributed by atoms with Gasteiger partial charge in [-0.15, -0.1) is 11.3 Å². The van der Waals surface area contributed by atoms with E-state index in [0.717, 1.165) is 20.9 Å². The van der Waals surface area contributed by atoms with E-state index in [4.69, 9.17) is 0 Å². The quantitative estimate of drug-likeness (QED) is 0.765. The summed E-state index contributed by atoms with van der Waals surface area (Å²) in [4.78, 5) is 30.9. The molecule has 0 spiro atoms. The second kappa shape index (κ2) is 6.49. The number of benzene rings is 2. The Kier molecular flexibility index (Phi) is 4.16. The van der Waals surface area contributed by atoms with Crippen LogP contribution in [0.15, 0.2) is 42.5 Å². The van der Waals surface area contributed by atoms with E-state index in [1.165, 1.54) is 24.3 Å². The Bertz CT molecular complexity index is 1000. The van der Waals surface area contributed by atoms with Gasteiger partial charge in [0.1, 0.15) is 5.82 Å². The lowest BCUT2D eigenvalue weighted by atomic mass is 10.1. The van der Waals surface area contributed by atoms with Gasteiger partial charge in [-0.2, -0.15) is 0 Å². The molecular weight excluding hydrogens is 353 g/mol. The average molecular weight is 369 g/mol. The first-order valence-electron chi connectivity index (χ1n) is 8.23. The van der Waals surface area contributed by atoms with Crippen molar-refractivity contribution in [2.45, 2.75) is 13.3 Å². The van der Waals surface area contributed by atoms with E-state index < -0.39 is 5.92 Å². The summed E-state index contributed by atoms with van der Waals surface area (Å²) in [5.74, 6) is -1.13. The molecule has 0 bridgehead atoms. The number of fused-ring (bicyclic) bond motifs is 1. The number of carbonyl (C=O) groups is 2. The molecule has 1 unspecified atom stereocenters. The van der Waals surface area contributed by atoms with Crippen LogP contribution in [0.4, 0.5) is 15.8 Å². The van der Waals surface area contributed by atoms with Crippen molar-refractivity contribution in [3.63, 3.8) is 0 Å². The first kappa shape index (κ1) is 16.7. The third kappa shape index (κ3) is 3.17. The summed E-state index contributed by atoms with van der Waals surface area (Å²) in [6.45, 7) is 2.27. The van der Waals surface area contributed by atoms with E-state index in [9.17, 15) is 14.0 Å². The smallest absolute Gasteiger partial charge is 0.229 e. The monoisotopic (exact) mass is 369 g/mol. The molecule has 2 aromatic carbocycles. The fraction of sp³-hybridized carbons (Fsp3) is 0.211. The van der Waals surface area contributed by atoms with E-state index in [0.29, 0.717) is 12.2 Å². The average Bonchev–Trinajstić information content (AvgIpc) is 3.18. The van der Waals surface area contributed by atoms with E-state index in [-0.39, 0.29) is 24.1 Å². The number of hydrogen-bond acceptors (Lipinski definition) is 4. The van der Waals surface area contributed by atoms with Gasteiger partial charge in [-0.05, 0) is 49.4 Å². The third-order valence-electron chi connectivity index (χ3n) is 4.40. The van der Waals surface area contributed by atoms with Crippen molar-refractivity contribution >= 4 is 44.7 Å². The Hall–Kier alpha value is -2.80. The number of aryl methyl sites for hydroxylation is 1. The van der Waals surface area contributed by atoms with Gasteiger partial charge < -0.3 is 10.2 Å². The fourth-order valence-electron chi connectivity index (χ4n) is 3.11. The molecule has 0 aliphatic carbocycles. The van der Waals surface area contributed by atoms with Crippen molar-refractivity contribution in [3.8, 4) is 0 Å². The van der Waals surface area contributed by atoms with Crippen LogP contribution in [0.1, 0.15) is 11.4 Å². The summed E-state index contributed by atoms with van der Waals surface area (Å²) >= 11 is 1.61. The Balaban J connectivity index is 1.50. The minimum absolute atomic E-state index is 0.0874. The summed E-state index contributed by atoms with van der Waals surface area (Å²) in [7, 11) is 0. The molecule has 3 aromatic rings. The highest BCUT2D eigenvalue weighted by Gasteiger charge is 2.35. The zero-order valence-corrected chi connectivity index (χ0v) is 14.8. The molecule has 1 N–H and O–H groups in total. The molecule has 1 saturated heterocycles. The van der Waals surface area contributed by atoms with Gasteiger partial charge in [0.2, 0.25) is 11.8 Å². The minimum Gasteiger partial charge on any atom is -0.326 e. The Morgan fingerprint density at radius 3 is 2.81 bits per heavy atom. The molecule has 5 nitrogen and oxygen atoms in total. The predicted molar refractivity (Wildman–Crippen MR) is 99.8 cm³/mol. The Labute approximate surface area is 153 Å². The number of nitrogens with zero attached hydrogens (tertiary/aromatic N) is 2. The standard InChI is InChI=1S/C19H16FN3O2S/c1-11-21-16-9-15(6-7-17(16)26-11)23-10-12(8-18(23)24)19(25)22-14-4-2-13(20)3-5-14/h2-7,9,12H,8,10H2,1H3,(H,22,25). The normalized spacial score (nSPS) is 17.1. The number of anilines is 2. The van der Waals surface area contributed by atoms with Gasteiger partial charge in [0.05, 0.1) is 21.1 Å². The second-order valence-corrected chi connectivity index (χ2v) is 7.52. The van der Waals surface area contributed by atoms with Gasteiger partial charge in [0.25, 0.3) is 0 Å². The van der Waals surface area contributed by atoms with Crippen LogP contribution in [0.2, 0.25) is 0 Å². The van der Waals surface area contributed by atoms with Crippen LogP contribution >= 0.6 is 11.3 Å². The van der Waals surface area contributed by atoms with Gasteiger partial charge in [-0.3, -0.25) is 9.59 Å². The second-order valence-electron chi connectivity index (χ2n) is 6.29. The highest BCUT2D eigenvalue weighted by atomic mass is 32.1. The number of nitrogens with one attached hydrogen (secondary N) is 1. The number of halogens is 1. The maximum atomic E-state index is 13.0. The van der Waals surface area contributed by atoms with Gasteiger partial charge >= 0.3 is 0 Å². The predicted octanol–water partition coefficient (Wildman–Crippen LogP) is 3.74. The van der Waals surface area contributed by atoms with Crippen molar-refractivity contribution in [2.24, 2.45) is 5.92 Å². The largest absolute Gasteiger partial charge is 0.326 e. The zero-order chi connectivity index (χ0) is 18.3. The molecule has 1 aliphatic rings. The van der Waals surface area contributed by atoms with Gasteiger partial charge in [-0.1, -0.05) is 0 Å². The maximum Gasteiger partial charge on any atom is 0.229 e. The molecule has 2 heterocycles. The van der Waals surface area contributed by atoms with E-state index in [1.807, 2.05) is 25.1 Å². The van der Waals surface area contributed by atoms with Crippen LogP contribution in [0.25, 0.3) is 10.2 Å². The molecule has 26 heavy (non-hydrogen) atoms. The van der Waals surface area contributed by atoms with Gasteiger partial charge in [-0.25, -0.2) is 9.37 Å². The number of rotatable bonds is 3. The van der Waals surface area contributed by atoms with Crippen molar-refractivity contribution < 1.29 is 14.0 Å². The van der Waals surface area contributed by atoms with Crippen LogP contribution < -0.4 is 10.2 Å². The van der Waals surface area contributed by atoms with Crippen molar-refractivity contribution in [3.05, 3.63) is 53.3 Å². The van der Waals surface area contributed by atoms with Crippen LogP contribution in [0, 0.1) is 18.7 Å². The van der Waals surface area contributed by atoms with Crippen molar-refractivity contribution in [1.82, 2.24) is 4.98 Å². The Morgan fingerprint density at radius 1 is 1.27 bits per heavy atom. The lowest BCUT2D eigenvalue weighted by molar-refractivity contribution is -0.122. The molecule has 1 aromatic heterocycles. The van der Waals surface area contributed by atoms with Crippen LogP contribution in [-0.4, -0.2) is 23.3 Å². The zero-order valence-electron chi connectivity index (χ0n) is 14.0. The molecule has 4 rings (SSSR count). The van der Waals surface area contributed by atoms with Crippen LogP contribution in [0.3, 0.4) is 0 Å². The lowest BCUT2D eigenvalue weighted by Gasteiger charge is -2.16. The Morgan fingerprint density at radius 2 is 2.04 bits per heavy atom. The molecule has 0 radical (unpaired) electrons.